The lowest BCUT2D eigenvalue weighted by Gasteiger charge is -2.38. The molecule has 10 heteroatoms. The van der Waals surface area contributed by atoms with Gasteiger partial charge in [0.25, 0.3) is 0 Å². The van der Waals surface area contributed by atoms with Crippen molar-refractivity contribution in [2.75, 3.05) is 51.8 Å². The van der Waals surface area contributed by atoms with Gasteiger partial charge in [0.15, 0.2) is 11.6 Å². The molecule has 0 radical (unpaired) electrons. The molecular weight excluding hydrogens is 494 g/mol. The molecule has 5 heterocycles. The monoisotopic (exact) mass is 531 g/mol. The zero-order valence-electron chi connectivity index (χ0n) is 23.0. The van der Waals surface area contributed by atoms with E-state index in [0.717, 1.165) is 54.0 Å². The van der Waals surface area contributed by atoms with Crippen molar-refractivity contribution in [1.29, 1.82) is 0 Å². The maximum atomic E-state index is 12.2. The van der Waals surface area contributed by atoms with Crippen molar-refractivity contribution in [1.82, 2.24) is 30.0 Å². The number of hydrogen-bond acceptors (Lipinski definition) is 8. The molecule has 0 bridgehead atoms. The van der Waals surface area contributed by atoms with Gasteiger partial charge in [-0.3, -0.25) is 9.89 Å². The van der Waals surface area contributed by atoms with E-state index in [1.807, 2.05) is 11.1 Å². The molecule has 10 nitrogen and oxygen atoms in total. The third-order valence-electron chi connectivity index (χ3n) is 8.70. The SMILES string of the molecule is C=CC(=O)N1CCC(c2nc(OCC3CCCN3C)nc3c2OCC(c2c(C)ccc4[nH]ncc24)N3C)CC1. The first-order chi connectivity index (χ1) is 18.9. The number of fused-ring (bicyclic) bond motifs is 2. The first-order valence-corrected chi connectivity index (χ1v) is 13.9. The molecule has 2 saturated heterocycles. The number of aromatic amines is 1. The molecule has 2 unspecified atom stereocenters. The van der Waals surface area contributed by atoms with E-state index < -0.39 is 0 Å². The van der Waals surface area contributed by atoms with Gasteiger partial charge in [-0.1, -0.05) is 12.6 Å². The second-order valence-electron chi connectivity index (χ2n) is 11.0. The number of ether oxygens (including phenoxy) is 2. The first kappa shape index (κ1) is 25.6. The number of H-pyrrole nitrogens is 1. The van der Waals surface area contributed by atoms with Gasteiger partial charge in [-0.15, -0.1) is 0 Å². The largest absolute Gasteiger partial charge is 0.485 e. The number of aromatic nitrogens is 4. The molecule has 206 valence electrons. The Morgan fingerprint density at radius 3 is 2.77 bits per heavy atom. The Labute approximate surface area is 229 Å². The van der Waals surface area contributed by atoms with Crippen LogP contribution in [0.25, 0.3) is 10.9 Å². The number of aryl methyl sites for hydroxylation is 1. The standard InChI is InChI=1S/C29H37N7O3/c1-5-24(37)36-13-10-19(11-14-36)26-27-28(32-29(31-26)39-16-20-7-6-12-34(20)3)35(4)23(17-38-27)25-18(2)8-9-22-21(25)15-30-33-22/h5,8-9,15,19-20,23H,1,6-7,10-14,16-17H2,2-4H3,(H,30,33). The Bertz CT molecular complexity index is 1380. The fourth-order valence-corrected chi connectivity index (χ4v) is 6.31. The molecule has 3 aromatic rings. The summed E-state index contributed by atoms with van der Waals surface area (Å²) in [5, 5.41) is 8.46. The molecule has 3 aliphatic heterocycles. The van der Waals surface area contributed by atoms with Gasteiger partial charge in [0.1, 0.15) is 13.2 Å². The average Bonchev–Trinajstić information content (AvgIpc) is 3.60. The van der Waals surface area contributed by atoms with Crippen LogP contribution < -0.4 is 14.4 Å². The molecule has 1 amide bonds. The zero-order valence-corrected chi connectivity index (χ0v) is 23.0. The summed E-state index contributed by atoms with van der Waals surface area (Å²) in [7, 11) is 4.21. The summed E-state index contributed by atoms with van der Waals surface area (Å²) in [4.78, 5) is 28.4. The highest BCUT2D eigenvalue weighted by Crippen LogP contribution is 2.45. The van der Waals surface area contributed by atoms with Gasteiger partial charge in [0, 0.05) is 37.5 Å². The van der Waals surface area contributed by atoms with Crippen LogP contribution in [-0.2, 0) is 4.79 Å². The normalized spacial score (nSPS) is 22.1. The number of carbonyl (C=O) groups is 1. The van der Waals surface area contributed by atoms with Gasteiger partial charge >= 0.3 is 6.01 Å². The number of piperidine rings is 1. The van der Waals surface area contributed by atoms with Gasteiger partial charge in [0.05, 0.1) is 23.4 Å². The quantitative estimate of drug-likeness (QED) is 0.482. The minimum atomic E-state index is -0.0394. The van der Waals surface area contributed by atoms with Gasteiger partial charge in [-0.2, -0.15) is 15.1 Å². The van der Waals surface area contributed by atoms with Crippen molar-refractivity contribution >= 4 is 22.6 Å². The predicted molar refractivity (Wildman–Crippen MR) is 149 cm³/mol. The van der Waals surface area contributed by atoms with Crippen molar-refractivity contribution in [3.8, 4) is 11.8 Å². The molecule has 2 aromatic heterocycles. The summed E-state index contributed by atoms with van der Waals surface area (Å²) in [6.45, 7) is 9.22. The number of benzene rings is 1. The molecule has 1 aromatic carbocycles. The number of hydrogen-bond donors (Lipinski definition) is 1. The van der Waals surface area contributed by atoms with E-state index in [1.165, 1.54) is 23.6 Å². The number of carbonyl (C=O) groups excluding carboxylic acids is 1. The Hall–Kier alpha value is -3.66. The number of nitrogens with zero attached hydrogens (tertiary/aromatic N) is 6. The van der Waals surface area contributed by atoms with E-state index >= 15 is 0 Å². The highest BCUT2D eigenvalue weighted by molar-refractivity contribution is 5.87. The number of likely N-dealkylation sites (tertiary alicyclic amines) is 2. The summed E-state index contributed by atoms with van der Waals surface area (Å²) in [6.07, 6.45) is 7.18. The number of amides is 1. The number of anilines is 1. The highest BCUT2D eigenvalue weighted by atomic mass is 16.5. The summed E-state index contributed by atoms with van der Waals surface area (Å²) in [5.74, 6) is 1.60. The lowest BCUT2D eigenvalue weighted by Crippen LogP contribution is -2.38. The predicted octanol–water partition coefficient (Wildman–Crippen LogP) is 3.60. The number of rotatable bonds is 6. The van der Waals surface area contributed by atoms with E-state index in [-0.39, 0.29) is 17.9 Å². The van der Waals surface area contributed by atoms with Gasteiger partial charge in [0.2, 0.25) is 5.91 Å². The van der Waals surface area contributed by atoms with Crippen LogP contribution in [0.1, 0.15) is 54.5 Å². The summed E-state index contributed by atoms with van der Waals surface area (Å²) < 4.78 is 12.8. The second kappa shape index (κ2) is 10.5. The van der Waals surface area contributed by atoms with E-state index in [2.05, 4.69) is 59.7 Å². The Morgan fingerprint density at radius 2 is 2.03 bits per heavy atom. The molecule has 0 aliphatic carbocycles. The molecule has 6 rings (SSSR count). The van der Waals surface area contributed by atoms with Crippen LogP contribution in [0, 0.1) is 6.92 Å². The van der Waals surface area contributed by atoms with Crippen molar-refractivity contribution < 1.29 is 14.3 Å². The van der Waals surface area contributed by atoms with Crippen LogP contribution in [-0.4, -0.2) is 88.9 Å². The van der Waals surface area contributed by atoms with Crippen LogP contribution in [0.2, 0.25) is 0 Å². The molecule has 39 heavy (non-hydrogen) atoms. The molecule has 3 aliphatic rings. The van der Waals surface area contributed by atoms with Gasteiger partial charge in [-0.05, 0) is 69.5 Å². The number of nitrogens with one attached hydrogen (secondary N) is 1. The maximum absolute atomic E-state index is 12.2. The molecule has 1 N–H and O–H groups in total. The zero-order chi connectivity index (χ0) is 27.1. The van der Waals surface area contributed by atoms with E-state index in [9.17, 15) is 4.79 Å². The smallest absolute Gasteiger partial charge is 0.318 e. The molecular formula is C29H37N7O3. The van der Waals surface area contributed by atoms with Crippen molar-refractivity contribution in [2.24, 2.45) is 0 Å². The fraction of sp³-hybridized carbons (Fsp3) is 0.517. The number of likely N-dealkylation sites (N-methyl/N-ethyl adjacent to an activating group) is 2. The molecule has 2 fully saturated rings. The summed E-state index contributed by atoms with van der Waals surface area (Å²) in [5.41, 5.74) is 4.25. The van der Waals surface area contributed by atoms with E-state index in [0.29, 0.717) is 38.4 Å². The van der Waals surface area contributed by atoms with Crippen molar-refractivity contribution in [3.05, 3.63) is 47.8 Å². The fourth-order valence-electron chi connectivity index (χ4n) is 6.31. The molecule has 0 saturated carbocycles. The van der Waals surface area contributed by atoms with E-state index in [4.69, 9.17) is 19.4 Å². The van der Waals surface area contributed by atoms with Crippen LogP contribution >= 0.6 is 0 Å². The van der Waals surface area contributed by atoms with Crippen molar-refractivity contribution in [2.45, 2.75) is 50.6 Å². The third kappa shape index (κ3) is 4.71. The minimum absolute atomic E-state index is 0.0227. The lowest BCUT2D eigenvalue weighted by molar-refractivity contribution is -0.127. The minimum Gasteiger partial charge on any atom is -0.485 e. The summed E-state index contributed by atoms with van der Waals surface area (Å²) in [6, 6.07) is 4.90. The summed E-state index contributed by atoms with van der Waals surface area (Å²) >= 11 is 0. The van der Waals surface area contributed by atoms with Crippen molar-refractivity contribution in [3.63, 3.8) is 0 Å². The average molecular weight is 532 g/mol. The molecule has 2 atom stereocenters. The van der Waals surface area contributed by atoms with Crippen LogP contribution in [0.5, 0.6) is 11.8 Å². The Balaban J connectivity index is 1.34. The topological polar surface area (TPSA) is 99.7 Å². The maximum Gasteiger partial charge on any atom is 0.318 e. The Morgan fingerprint density at radius 1 is 1.21 bits per heavy atom. The highest BCUT2D eigenvalue weighted by Gasteiger charge is 2.36. The van der Waals surface area contributed by atoms with Gasteiger partial charge < -0.3 is 24.2 Å². The van der Waals surface area contributed by atoms with E-state index in [1.54, 1.807) is 0 Å². The first-order valence-electron chi connectivity index (χ1n) is 13.9. The Kier molecular flexibility index (Phi) is 6.88. The third-order valence-corrected chi connectivity index (χ3v) is 8.70. The van der Waals surface area contributed by atoms with Crippen LogP contribution in [0.15, 0.2) is 31.0 Å². The van der Waals surface area contributed by atoms with Crippen LogP contribution in [0.4, 0.5) is 5.82 Å². The lowest BCUT2D eigenvalue weighted by atomic mass is 9.91. The van der Waals surface area contributed by atoms with Crippen LogP contribution in [0.3, 0.4) is 0 Å². The second-order valence-corrected chi connectivity index (χ2v) is 11.0. The van der Waals surface area contributed by atoms with Gasteiger partial charge in [-0.25, -0.2) is 0 Å². The molecule has 0 spiro atoms.